The van der Waals surface area contributed by atoms with Crippen molar-refractivity contribution in [3.8, 4) is 86.2 Å². The van der Waals surface area contributed by atoms with Gasteiger partial charge < -0.3 is 97.8 Å². The summed E-state index contributed by atoms with van der Waals surface area (Å²) in [7, 11) is 16.0. The highest BCUT2D eigenvalue weighted by Crippen LogP contribution is 2.35. The van der Waals surface area contributed by atoms with Gasteiger partial charge in [-0.1, -0.05) is 97.1 Å². The maximum atomic E-state index is 10.7. The summed E-state index contributed by atoms with van der Waals surface area (Å²) < 4.78 is 80.9. The van der Waals surface area contributed by atoms with Crippen molar-refractivity contribution < 1.29 is 85.7 Å². The number of nitrogens with one attached hydrogen (secondary N) is 1. The van der Waals surface area contributed by atoms with Crippen molar-refractivity contribution in [3.05, 3.63) is 357 Å². The fraction of sp³-hybridized carbons (Fsp3) is 0.220. The van der Waals surface area contributed by atoms with Crippen LogP contribution in [0.15, 0.2) is 273 Å². The third-order valence-corrected chi connectivity index (χ3v) is 19.1. The number of phenols is 1. The fourth-order valence-electron chi connectivity index (χ4n) is 11.8. The summed E-state index contributed by atoms with van der Waals surface area (Å²) in [5.41, 5.74) is 23.8. The normalized spacial score (nSPS) is 11.1. The number of phenolic OH excluding ortho intramolecular Hbond substituents is 1. The van der Waals surface area contributed by atoms with Gasteiger partial charge in [-0.15, -0.1) is 11.6 Å². The van der Waals surface area contributed by atoms with Crippen LogP contribution in [0.1, 0.15) is 70.8 Å². The monoisotopic (exact) mass is 1740 g/mol. The molecule has 0 radical (unpaired) electrons. The third kappa shape index (κ3) is 32.8. The molecule has 6 N–H and O–H groups in total. The lowest BCUT2D eigenvalue weighted by molar-refractivity contribution is 0.0591. The molecule has 12 aromatic rings. The molecule has 27 heteroatoms. The maximum Gasteiger partial charge on any atom is 0.221 e. The standard InChI is InChI=1S/C25H24N2O3.C23H26N2O4.C20H22N4O3.C16H16O4.C8H9ClO.C8H8O3/c1-26-22(17-27-21-7-5-4-6-8-21)15-20-11-14-24(25(16-20)29-3)30-18-19-9-12-23(28-2)13-10-19;1-24-20(16-25-10-12-28-13-11-25)14-19-6-9-22(23(15-19)27-3)29-17-18-4-7-21(26-2)8-5-18;1-25-16-6-3-13(4-7-16)12-27-17-8-5-14(10-18(17)26-2)9-15-11-23-20(22)24-19(15)21;1-18-14-6-3-12(4-7-14)11-20-15-8-5-13(10-17)9-16(15)19-2;1-10-8-4-2-7(6-9)3-5-8;1-11-8-4-6(5-9)2-3-7(8)10/h4-14,16-17,27H,15,18H2,2-3H3;4-9,15-16H,10-14,17H2,2-3H3;3-8,10-11H,9,12H2,1-2H3,(H4,21,22,23,24);3-10H,11H2,1-2H3;2-5H,6H2,1H3;2-5,10H,1H3. The highest BCUT2D eigenvalue weighted by molar-refractivity contribution is 6.17. The lowest BCUT2D eigenvalue weighted by atomic mass is 10.1. The SMILES string of the molecule is COc1cc(C=O)ccc1O.COc1ccc(CCl)cc1.COc1ccc(COc2ccc(C=O)cc2OC)cc1.COc1ccc(COc2ccc(Cc3cnc(N)nc3N)cc2OC)cc1.[C-]#[N+]C(=CN1CCOCC1)Cc1ccc(OCc2ccc(OC)cc2)c(OC)c1.[C-]#[N+]C(=CNc1ccccc1)Cc1ccc(OCc2ccc(OC)cc2)c(OC)c1. The van der Waals surface area contributed by atoms with Gasteiger partial charge in [-0.05, 0) is 190 Å². The molecule has 1 saturated heterocycles. The van der Waals surface area contributed by atoms with Crippen molar-refractivity contribution >= 4 is 41.6 Å². The molecule has 660 valence electrons. The molecule has 2 heterocycles. The van der Waals surface area contributed by atoms with E-state index in [-0.39, 0.29) is 11.7 Å². The second kappa shape index (κ2) is 53.6. The van der Waals surface area contributed by atoms with Gasteiger partial charge in [-0.25, -0.2) is 14.7 Å². The molecular weight excluding hydrogens is 1640 g/mol. The van der Waals surface area contributed by atoms with E-state index in [4.69, 9.17) is 112 Å². The van der Waals surface area contributed by atoms with Gasteiger partial charge in [0.15, 0.2) is 68.9 Å². The molecule has 11 aromatic carbocycles. The largest absolute Gasteiger partial charge is 0.504 e. The van der Waals surface area contributed by atoms with E-state index in [1.807, 2.05) is 212 Å². The van der Waals surface area contributed by atoms with Gasteiger partial charge in [0.25, 0.3) is 0 Å². The number of carbonyl (C=O) groups excluding carboxylic acids is 2. The number of para-hydroxylation sites is 1. The number of nitrogens with two attached hydrogens (primary N) is 2. The van der Waals surface area contributed by atoms with Gasteiger partial charge in [0.05, 0.1) is 97.5 Å². The van der Waals surface area contributed by atoms with Gasteiger partial charge in [-0.2, -0.15) is 4.98 Å². The first-order valence-corrected chi connectivity index (χ1v) is 40.3. The Kier molecular flexibility index (Phi) is 41.0. The first-order valence-electron chi connectivity index (χ1n) is 39.8. The average Bonchev–Trinajstić information content (AvgIpc) is 0.823. The van der Waals surface area contributed by atoms with Crippen LogP contribution in [0.4, 0.5) is 17.5 Å². The van der Waals surface area contributed by atoms with Crippen LogP contribution < -0.4 is 83.1 Å². The van der Waals surface area contributed by atoms with E-state index < -0.39 is 0 Å². The predicted octanol–water partition coefficient (Wildman–Crippen LogP) is 19.2. The van der Waals surface area contributed by atoms with Gasteiger partial charge >= 0.3 is 0 Å². The Hall–Kier alpha value is -15.3. The zero-order valence-electron chi connectivity index (χ0n) is 72.6. The number of aldehydes is 2. The summed E-state index contributed by atoms with van der Waals surface area (Å²) in [6.45, 7) is 19.7. The quantitative estimate of drug-likeness (QED) is 0.0165. The number of alkyl halides is 1. The van der Waals surface area contributed by atoms with Gasteiger partial charge in [0.2, 0.25) is 5.95 Å². The Morgan fingerprint density at radius 3 is 1.17 bits per heavy atom. The van der Waals surface area contributed by atoms with Crippen LogP contribution in [0.5, 0.6) is 86.2 Å². The zero-order valence-corrected chi connectivity index (χ0v) is 73.4. The number of nitrogens with zero attached hydrogens (tertiary/aromatic N) is 5. The van der Waals surface area contributed by atoms with Gasteiger partial charge in [0, 0.05) is 79.2 Å². The lowest BCUT2D eigenvalue weighted by Crippen LogP contribution is -2.32. The van der Waals surface area contributed by atoms with Crippen LogP contribution in [-0.4, -0.2) is 130 Å². The molecule has 0 atom stereocenters. The summed E-state index contributed by atoms with van der Waals surface area (Å²) in [5, 5.41) is 12.3. The van der Waals surface area contributed by atoms with Gasteiger partial charge in [-0.3, -0.25) is 9.59 Å². The van der Waals surface area contributed by atoms with Crippen molar-refractivity contribution in [3.63, 3.8) is 0 Å². The molecule has 0 bridgehead atoms. The number of aromatic nitrogens is 2. The molecule has 127 heavy (non-hydrogen) atoms. The van der Waals surface area contributed by atoms with Crippen molar-refractivity contribution in [1.29, 1.82) is 0 Å². The minimum absolute atomic E-state index is 0.0399. The molecule has 1 aliphatic heterocycles. The first-order chi connectivity index (χ1) is 61.9. The average molecular weight is 1740 g/mol. The number of methoxy groups -OCH3 is 10. The maximum absolute atomic E-state index is 10.7. The van der Waals surface area contributed by atoms with Crippen LogP contribution in [0.25, 0.3) is 9.69 Å². The number of halogens is 1. The number of anilines is 3. The van der Waals surface area contributed by atoms with Crippen molar-refractivity contribution in [2.75, 3.05) is 114 Å². The Morgan fingerprint density at radius 1 is 0.433 bits per heavy atom. The van der Waals surface area contributed by atoms with E-state index in [2.05, 4.69) is 29.9 Å². The number of allylic oxidation sites excluding steroid dienone is 2. The zero-order chi connectivity index (χ0) is 90.9. The van der Waals surface area contributed by atoms with Crippen LogP contribution in [0.3, 0.4) is 0 Å². The summed E-state index contributed by atoms with van der Waals surface area (Å²) in [6, 6.07) is 75.1. The number of hydrogen-bond acceptors (Lipinski definition) is 24. The Labute approximate surface area is 746 Å². The number of hydrogen-bond donors (Lipinski definition) is 4. The fourth-order valence-corrected chi connectivity index (χ4v) is 12.0. The smallest absolute Gasteiger partial charge is 0.221 e. The molecule has 13 rings (SSSR count). The molecule has 1 aliphatic rings. The summed E-state index contributed by atoms with van der Waals surface area (Å²) in [6.07, 6.45) is 8.41. The highest BCUT2D eigenvalue weighted by atomic mass is 35.5. The molecule has 1 fully saturated rings. The summed E-state index contributed by atoms with van der Waals surface area (Å²) in [4.78, 5) is 38.4. The van der Waals surface area contributed by atoms with Crippen LogP contribution in [-0.2, 0) is 56.3 Å². The Morgan fingerprint density at radius 2 is 0.787 bits per heavy atom. The Bertz CT molecular complexity index is 5500. The summed E-state index contributed by atoms with van der Waals surface area (Å²) >= 11 is 5.58. The number of benzene rings is 11. The number of aromatic hydroxyl groups is 1. The number of ether oxygens (including phenoxy) is 15. The van der Waals surface area contributed by atoms with Crippen molar-refractivity contribution in [2.45, 2.75) is 51.6 Å². The second-order valence-corrected chi connectivity index (χ2v) is 27.6. The third-order valence-electron chi connectivity index (χ3n) is 18.8. The highest BCUT2D eigenvalue weighted by Gasteiger charge is 2.16. The second-order valence-electron chi connectivity index (χ2n) is 27.4. The van der Waals surface area contributed by atoms with E-state index in [1.165, 1.54) is 25.3 Å². The topological polar surface area (TPSA) is 295 Å². The van der Waals surface area contributed by atoms with E-state index in [0.29, 0.717) is 151 Å². The summed E-state index contributed by atoms with van der Waals surface area (Å²) in [5.74, 6) is 10.7. The molecule has 26 nitrogen and oxygen atoms in total. The minimum Gasteiger partial charge on any atom is -0.504 e. The molecule has 0 aliphatic carbocycles. The molecule has 0 amide bonds. The predicted molar refractivity (Wildman–Crippen MR) is 492 cm³/mol. The van der Waals surface area contributed by atoms with E-state index >= 15 is 0 Å². The molecule has 0 spiro atoms. The Balaban J connectivity index is 0.000000195. The number of carbonyl (C=O) groups is 2. The molecular formula is C100H105ClN8O18. The lowest BCUT2D eigenvalue weighted by Gasteiger charge is -2.25. The van der Waals surface area contributed by atoms with Crippen LogP contribution in [0.2, 0.25) is 0 Å². The van der Waals surface area contributed by atoms with E-state index in [0.717, 1.165) is 104 Å². The number of nitrogen functional groups attached to an aromatic ring is 2. The first kappa shape index (κ1) is 97.2. The van der Waals surface area contributed by atoms with Crippen LogP contribution in [0, 0.1) is 13.1 Å². The van der Waals surface area contributed by atoms with Gasteiger partial charge in [0.1, 0.15) is 73.6 Å². The molecule has 0 unspecified atom stereocenters. The van der Waals surface area contributed by atoms with Crippen molar-refractivity contribution in [1.82, 2.24) is 14.9 Å². The van der Waals surface area contributed by atoms with Crippen molar-refractivity contribution in [2.24, 2.45) is 0 Å². The van der Waals surface area contributed by atoms with E-state index in [1.54, 1.807) is 94.6 Å². The minimum atomic E-state index is 0.0399. The molecule has 1 aromatic heterocycles. The molecule has 0 saturated carbocycles. The number of rotatable bonds is 34. The van der Waals surface area contributed by atoms with E-state index in [9.17, 15) is 9.59 Å². The number of morpholine rings is 1. The van der Waals surface area contributed by atoms with Crippen LogP contribution >= 0.6 is 11.6 Å².